The highest BCUT2D eigenvalue weighted by Crippen LogP contribution is 2.39. The van der Waals surface area contributed by atoms with Gasteiger partial charge in [-0.2, -0.15) is 5.26 Å². The number of hydrogen-bond acceptors (Lipinski definition) is 6. The van der Waals surface area contributed by atoms with Crippen LogP contribution in [0.15, 0.2) is 72.8 Å². The fourth-order valence-electron chi connectivity index (χ4n) is 4.60. The molecule has 2 aliphatic heterocycles. The lowest BCUT2D eigenvalue weighted by atomic mass is 9.98. The second kappa shape index (κ2) is 10.1. The van der Waals surface area contributed by atoms with E-state index in [1.165, 1.54) is 0 Å². The molecule has 0 atom stereocenters. The van der Waals surface area contributed by atoms with Crippen LogP contribution in [-0.4, -0.2) is 37.3 Å². The molecule has 38 heavy (non-hydrogen) atoms. The number of pyridine rings is 1. The number of nitrogens with zero attached hydrogens (tertiary/aromatic N) is 3. The minimum Gasteiger partial charge on any atom is -0.486 e. The molecule has 6 rings (SSSR count). The average molecular weight is 524 g/mol. The van der Waals surface area contributed by atoms with Crippen molar-refractivity contribution in [3.63, 3.8) is 0 Å². The molecule has 0 spiro atoms. The molecular weight excluding hydrogens is 502 g/mol. The Balaban J connectivity index is 1.48. The first-order chi connectivity index (χ1) is 18.6. The summed E-state index contributed by atoms with van der Waals surface area (Å²) in [6, 6.07) is 25.2. The second-order valence-corrected chi connectivity index (χ2v) is 9.35. The van der Waals surface area contributed by atoms with Crippen molar-refractivity contribution in [1.82, 2.24) is 4.98 Å². The van der Waals surface area contributed by atoms with Gasteiger partial charge < -0.3 is 19.1 Å². The van der Waals surface area contributed by atoms with E-state index in [-0.39, 0.29) is 18.9 Å². The number of aromatic nitrogens is 1. The maximum atomic E-state index is 12.6. The van der Waals surface area contributed by atoms with Crippen LogP contribution in [0.2, 0.25) is 5.02 Å². The molecule has 4 aromatic rings. The molecule has 0 saturated carbocycles. The van der Waals surface area contributed by atoms with Crippen LogP contribution in [0, 0.1) is 11.3 Å². The summed E-state index contributed by atoms with van der Waals surface area (Å²) in [7, 11) is 0. The van der Waals surface area contributed by atoms with Gasteiger partial charge in [0.25, 0.3) is 5.91 Å². The van der Waals surface area contributed by atoms with Gasteiger partial charge in [-0.15, -0.1) is 0 Å². The zero-order valence-corrected chi connectivity index (χ0v) is 21.1. The number of carbonyl (C=O) groups excluding carboxylic acids is 1. The van der Waals surface area contributed by atoms with Gasteiger partial charge in [-0.05, 0) is 65.7 Å². The Morgan fingerprint density at radius 3 is 2.26 bits per heavy atom. The predicted molar refractivity (Wildman–Crippen MR) is 145 cm³/mol. The van der Waals surface area contributed by atoms with E-state index in [0.29, 0.717) is 47.7 Å². The molecular formula is C30H22ClN3O4. The number of nitriles is 1. The van der Waals surface area contributed by atoms with Gasteiger partial charge in [0.05, 0.1) is 29.6 Å². The minimum atomic E-state index is -0.168. The van der Waals surface area contributed by atoms with E-state index in [9.17, 15) is 4.79 Å². The standard InChI is InChI=1S/C30H22ClN3O4/c31-23-6-2-19(3-7-23)24-14-22(15-25(33-24)21-5-9-28-29(17-21)37-13-12-36-28)20-4-8-27-26(16-20)34(11-1-10-32)30(35)18-38-27/h2-9,14-17H,1,11-13,18H2. The topological polar surface area (TPSA) is 84.7 Å². The normalized spacial score (nSPS) is 13.9. The molecule has 0 saturated heterocycles. The van der Waals surface area contributed by atoms with Crippen LogP contribution in [-0.2, 0) is 4.79 Å². The van der Waals surface area contributed by atoms with Crippen LogP contribution in [0.5, 0.6) is 17.2 Å². The minimum absolute atomic E-state index is 0.0397. The zero-order valence-electron chi connectivity index (χ0n) is 20.3. The number of halogens is 1. The maximum absolute atomic E-state index is 12.6. The molecule has 1 aromatic heterocycles. The Hall–Kier alpha value is -4.54. The fraction of sp³-hybridized carbons (Fsp3) is 0.167. The first kappa shape index (κ1) is 23.8. The summed E-state index contributed by atoms with van der Waals surface area (Å²) in [6.45, 7) is 1.29. The summed E-state index contributed by atoms with van der Waals surface area (Å²) in [5.74, 6) is 1.85. The Bertz CT molecular complexity index is 1580. The van der Waals surface area contributed by atoms with Gasteiger partial charge in [-0.1, -0.05) is 29.8 Å². The van der Waals surface area contributed by atoms with Crippen LogP contribution in [0.1, 0.15) is 6.42 Å². The van der Waals surface area contributed by atoms with Crippen LogP contribution >= 0.6 is 11.6 Å². The van der Waals surface area contributed by atoms with Gasteiger partial charge in [0.2, 0.25) is 0 Å². The number of carbonyl (C=O) groups is 1. The predicted octanol–water partition coefficient (Wildman–Crippen LogP) is 6.15. The summed E-state index contributed by atoms with van der Waals surface area (Å²) in [6.07, 6.45) is 0.236. The van der Waals surface area contributed by atoms with Crippen molar-refractivity contribution >= 4 is 23.2 Å². The first-order valence-corrected chi connectivity index (χ1v) is 12.6. The first-order valence-electron chi connectivity index (χ1n) is 12.2. The van der Waals surface area contributed by atoms with E-state index in [1.807, 2.05) is 72.8 Å². The fourth-order valence-corrected chi connectivity index (χ4v) is 4.73. The molecule has 7 nitrogen and oxygen atoms in total. The third-order valence-electron chi connectivity index (χ3n) is 6.49. The molecule has 188 valence electrons. The summed E-state index contributed by atoms with van der Waals surface area (Å²) in [5.41, 5.74) is 5.79. The lowest BCUT2D eigenvalue weighted by Crippen LogP contribution is -2.39. The van der Waals surface area contributed by atoms with Crippen LogP contribution < -0.4 is 19.1 Å². The highest BCUT2D eigenvalue weighted by atomic mass is 35.5. The van der Waals surface area contributed by atoms with Crippen molar-refractivity contribution in [3.8, 4) is 57.0 Å². The third-order valence-corrected chi connectivity index (χ3v) is 6.74. The summed E-state index contributed by atoms with van der Waals surface area (Å²) < 4.78 is 17.2. The molecule has 0 bridgehead atoms. The van der Waals surface area contributed by atoms with Crippen molar-refractivity contribution < 1.29 is 19.0 Å². The number of ether oxygens (including phenoxy) is 3. The van der Waals surface area contributed by atoms with Crippen LogP contribution in [0.25, 0.3) is 33.6 Å². The molecule has 3 aromatic carbocycles. The Morgan fingerprint density at radius 1 is 0.789 bits per heavy atom. The number of hydrogen-bond donors (Lipinski definition) is 0. The number of rotatable bonds is 5. The molecule has 0 radical (unpaired) electrons. The van der Waals surface area contributed by atoms with Gasteiger partial charge in [-0.25, -0.2) is 4.98 Å². The molecule has 0 aliphatic carbocycles. The van der Waals surface area contributed by atoms with E-state index >= 15 is 0 Å². The molecule has 3 heterocycles. The number of fused-ring (bicyclic) bond motifs is 2. The monoisotopic (exact) mass is 523 g/mol. The number of anilines is 1. The van der Waals surface area contributed by atoms with Gasteiger partial charge in [-0.3, -0.25) is 4.79 Å². The van der Waals surface area contributed by atoms with Gasteiger partial charge in [0.1, 0.15) is 19.0 Å². The van der Waals surface area contributed by atoms with Gasteiger partial charge >= 0.3 is 0 Å². The quantitative estimate of drug-likeness (QED) is 0.312. The van der Waals surface area contributed by atoms with E-state index in [1.54, 1.807) is 4.90 Å². The van der Waals surface area contributed by atoms with Crippen molar-refractivity contribution in [3.05, 3.63) is 77.8 Å². The Morgan fingerprint density at radius 2 is 1.47 bits per heavy atom. The number of amides is 1. The van der Waals surface area contributed by atoms with Gasteiger partial charge in [0.15, 0.2) is 18.1 Å². The SMILES string of the molecule is N#CCCN1C(=O)COc2ccc(-c3cc(-c4ccc(Cl)cc4)nc(-c4ccc5c(c4)OCCO5)c3)cc21. The average Bonchev–Trinajstić information content (AvgIpc) is 2.96. The summed E-state index contributed by atoms with van der Waals surface area (Å²) >= 11 is 6.14. The van der Waals surface area contributed by atoms with Crippen molar-refractivity contribution in [2.75, 3.05) is 31.3 Å². The van der Waals surface area contributed by atoms with Crippen molar-refractivity contribution in [2.24, 2.45) is 0 Å². The summed E-state index contributed by atoms with van der Waals surface area (Å²) in [5, 5.41) is 9.73. The third kappa shape index (κ3) is 4.62. The molecule has 1 amide bonds. The summed E-state index contributed by atoms with van der Waals surface area (Å²) in [4.78, 5) is 19.2. The molecule has 0 N–H and O–H groups in total. The van der Waals surface area contributed by atoms with Crippen molar-refractivity contribution in [2.45, 2.75) is 6.42 Å². The lowest BCUT2D eigenvalue weighted by molar-refractivity contribution is -0.121. The van der Waals surface area contributed by atoms with Crippen LogP contribution in [0.4, 0.5) is 5.69 Å². The Labute approximate surface area is 224 Å². The van der Waals surface area contributed by atoms with Crippen molar-refractivity contribution in [1.29, 1.82) is 5.26 Å². The van der Waals surface area contributed by atoms with E-state index in [4.69, 9.17) is 36.1 Å². The lowest BCUT2D eigenvalue weighted by Gasteiger charge is -2.29. The highest BCUT2D eigenvalue weighted by Gasteiger charge is 2.26. The van der Waals surface area contributed by atoms with E-state index in [0.717, 1.165) is 33.6 Å². The molecule has 0 fully saturated rings. The molecule has 2 aliphatic rings. The van der Waals surface area contributed by atoms with Gasteiger partial charge in [0, 0.05) is 22.7 Å². The van der Waals surface area contributed by atoms with Crippen LogP contribution in [0.3, 0.4) is 0 Å². The molecule has 8 heteroatoms. The maximum Gasteiger partial charge on any atom is 0.265 e. The van der Waals surface area contributed by atoms with E-state index < -0.39 is 0 Å². The largest absolute Gasteiger partial charge is 0.486 e. The smallest absolute Gasteiger partial charge is 0.265 e. The second-order valence-electron chi connectivity index (χ2n) is 8.92. The zero-order chi connectivity index (χ0) is 26.1. The Kier molecular flexibility index (Phi) is 6.32. The number of benzene rings is 3. The van der Waals surface area contributed by atoms with E-state index in [2.05, 4.69) is 6.07 Å². The highest BCUT2D eigenvalue weighted by molar-refractivity contribution is 6.30. The molecule has 0 unspecified atom stereocenters.